The summed E-state index contributed by atoms with van der Waals surface area (Å²) in [7, 11) is -1.18. The molecule has 5 nitrogen and oxygen atoms in total. The van der Waals surface area contributed by atoms with Crippen molar-refractivity contribution in [1.29, 1.82) is 0 Å². The molecule has 0 heterocycles. The zero-order valence-corrected chi connectivity index (χ0v) is 16.2. The van der Waals surface area contributed by atoms with Crippen LogP contribution in [0.5, 0.6) is 0 Å². The van der Waals surface area contributed by atoms with E-state index in [1.54, 1.807) is 6.92 Å². The van der Waals surface area contributed by atoms with Crippen LogP contribution in [0, 0.1) is 0 Å². The van der Waals surface area contributed by atoms with Crippen LogP contribution in [-0.2, 0) is 21.9 Å². The normalized spacial score (nSPS) is 12.6. The molecule has 0 spiro atoms. The molecule has 0 aliphatic carbocycles. The van der Waals surface area contributed by atoms with Crippen LogP contribution in [-0.4, -0.2) is 52.8 Å². The Balaban J connectivity index is 3.10. The molecule has 0 saturated heterocycles. The topological polar surface area (TPSA) is 54.0 Å². The fourth-order valence-corrected chi connectivity index (χ4v) is 6.50. The summed E-state index contributed by atoms with van der Waals surface area (Å²) < 4.78 is 20.7. The SMILES string of the molecule is C=C(C)C(=O)OCCC[SiH2]O[SiH2]O[SiH2]O[SiH3]. The summed E-state index contributed by atoms with van der Waals surface area (Å²) in [5.41, 5.74) is 0.447. The number of rotatable bonds is 10. The lowest BCUT2D eigenvalue weighted by atomic mass is 10.4. The Labute approximate surface area is 106 Å². The van der Waals surface area contributed by atoms with Crippen molar-refractivity contribution < 1.29 is 21.9 Å². The van der Waals surface area contributed by atoms with E-state index in [1.807, 2.05) is 0 Å². The molecule has 0 aliphatic rings. The Hall–Kier alpha value is -0.0425. The largest absolute Gasteiger partial charge is 0.462 e. The second-order valence-corrected chi connectivity index (χ2v) is 10.4. The first-order valence-corrected chi connectivity index (χ1v) is 9.86. The van der Waals surface area contributed by atoms with Gasteiger partial charge < -0.3 is 17.1 Å². The zero-order valence-electron chi connectivity index (χ0n) is 9.99. The first-order chi connectivity index (χ1) is 7.68. The van der Waals surface area contributed by atoms with Gasteiger partial charge in [-0.2, -0.15) is 0 Å². The molecule has 0 rings (SSSR count). The van der Waals surface area contributed by atoms with Crippen LogP contribution in [0.2, 0.25) is 6.04 Å². The fourth-order valence-electron chi connectivity index (χ4n) is 0.829. The molecule has 16 heavy (non-hydrogen) atoms. The van der Waals surface area contributed by atoms with Crippen molar-refractivity contribution in [3.8, 4) is 0 Å². The van der Waals surface area contributed by atoms with Gasteiger partial charge in [0.05, 0.1) is 6.61 Å². The van der Waals surface area contributed by atoms with Crippen LogP contribution < -0.4 is 0 Å². The number of carbonyl (C=O) groups is 1. The lowest BCUT2D eigenvalue weighted by molar-refractivity contribution is -0.138. The average Bonchev–Trinajstić information content (AvgIpc) is 2.26. The van der Waals surface area contributed by atoms with E-state index in [1.165, 1.54) is 0 Å². The van der Waals surface area contributed by atoms with Crippen molar-refractivity contribution in [2.24, 2.45) is 0 Å². The number of carbonyl (C=O) groups excluding carboxylic acids is 1. The minimum absolute atomic E-state index is 0.310. The first kappa shape index (κ1) is 16.0. The van der Waals surface area contributed by atoms with Crippen molar-refractivity contribution >= 4 is 46.2 Å². The standard InChI is InChI=1S/C7H20O5Si4/c1-6(2)7(8)9-4-3-5-14-11-16-12-15-10-13/h1,3-5,14-16H2,2,13H3. The second-order valence-electron chi connectivity index (χ2n) is 3.26. The van der Waals surface area contributed by atoms with Gasteiger partial charge in [0.15, 0.2) is 0 Å². The Morgan fingerprint density at radius 2 is 2.12 bits per heavy atom. The maximum absolute atomic E-state index is 11.0. The third kappa shape index (κ3) is 10.5. The van der Waals surface area contributed by atoms with Gasteiger partial charge in [0, 0.05) is 5.57 Å². The molecule has 0 aromatic heterocycles. The van der Waals surface area contributed by atoms with Crippen molar-refractivity contribution in [2.75, 3.05) is 6.61 Å². The Bertz CT molecular complexity index is 213. The summed E-state index contributed by atoms with van der Waals surface area (Å²) >= 11 is 0. The van der Waals surface area contributed by atoms with Crippen LogP contribution in [0.15, 0.2) is 12.2 Å². The van der Waals surface area contributed by atoms with E-state index in [9.17, 15) is 4.79 Å². The van der Waals surface area contributed by atoms with E-state index in [-0.39, 0.29) is 5.97 Å². The smallest absolute Gasteiger partial charge is 0.333 e. The second kappa shape index (κ2) is 11.4. The molecule has 0 aromatic carbocycles. The van der Waals surface area contributed by atoms with Crippen LogP contribution in [0.4, 0.5) is 0 Å². The molecule has 0 unspecified atom stereocenters. The Morgan fingerprint density at radius 1 is 1.38 bits per heavy atom. The third-order valence-electron chi connectivity index (χ3n) is 1.63. The van der Waals surface area contributed by atoms with Gasteiger partial charge in [-0.1, -0.05) is 6.58 Å². The highest BCUT2D eigenvalue weighted by molar-refractivity contribution is 6.44. The number of esters is 1. The van der Waals surface area contributed by atoms with Crippen LogP contribution >= 0.6 is 0 Å². The number of hydrogen-bond donors (Lipinski definition) is 0. The van der Waals surface area contributed by atoms with Crippen LogP contribution in [0.25, 0.3) is 0 Å². The van der Waals surface area contributed by atoms with E-state index >= 15 is 0 Å². The number of ether oxygens (including phenoxy) is 1. The molecule has 9 heteroatoms. The van der Waals surface area contributed by atoms with Crippen LogP contribution in [0.1, 0.15) is 13.3 Å². The van der Waals surface area contributed by atoms with Crippen molar-refractivity contribution in [3.05, 3.63) is 12.2 Å². The summed E-state index contributed by atoms with van der Waals surface area (Å²) in [6.07, 6.45) is 0.869. The predicted molar refractivity (Wildman–Crippen MR) is 74.0 cm³/mol. The molecular weight excluding hydrogens is 276 g/mol. The summed E-state index contributed by atoms with van der Waals surface area (Å²) in [5, 5.41) is 0. The summed E-state index contributed by atoms with van der Waals surface area (Å²) in [6, 6.07) is 1.02. The molecule has 0 amide bonds. The van der Waals surface area contributed by atoms with Gasteiger partial charge in [-0.05, 0) is 19.4 Å². The molecule has 0 saturated carbocycles. The van der Waals surface area contributed by atoms with Gasteiger partial charge in [-0.15, -0.1) is 0 Å². The maximum Gasteiger partial charge on any atom is 0.333 e. The average molecular weight is 297 g/mol. The van der Waals surface area contributed by atoms with E-state index in [0.717, 1.165) is 23.0 Å². The van der Waals surface area contributed by atoms with E-state index in [0.29, 0.717) is 12.2 Å². The lowest BCUT2D eigenvalue weighted by Gasteiger charge is -2.05. The van der Waals surface area contributed by atoms with Gasteiger partial charge in [-0.25, -0.2) is 4.79 Å². The molecule has 0 radical (unpaired) electrons. The third-order valence-corrected chi connectivity index (χ3v) is 6.52. The number of hydrogen-bond acceptors (Lipinski definition) is 5. The van der Waals surface area contributed by atoms with Crippen molar-refractivity contribution in [1.82, 2.24) is 0 Å². The van der Waals surface area contributed by atoms with Gasteiger partial charge >= 0.3 is 5.97 Å². The molecular formula is C7H20O5Si4. The molecule has 94 valence electrons. The highest BCUT2D eigenvalue weighted by Gasteiger charge is 2.01. The first-order valence-electron chi connectivity index (χ1n) is 5.15. The maximum atomic E-state index is 11.0. The fraction of sp³-hybridized carbons (Fsp3) is 0.571. The molecule has 0 fully saturated rings. The molecule has 0 atom stereocenters. The lowest BCUT2D eigenvalue weighted by Crippen LogP contribution is -2.13. The van der Waals surface area contributed by atoms with E-state index in [2.05, 4.69) is 6.58 Å². The Kier molecular flexibility index (Phi) is 11.4. The van der Waals surface area contributed by atoms with Gasteiger partial charge in [0.2, 0.25) is 0 Å². The van der Waals surface area contributed by atoms with Gasteiger partial charge in [-0.3, -0.25) is 0 Å². The highest BCUT2D eigenvalue weighted by Crippen LogP contribution is 1.96. The molecule has 0 N–H and O–H groups in total. The highest BCUT2D eigenvalue weighted by atomic mass is 28.4. The predicted octanol–water partition coefficient (Wildman–Crippen LogP) is -2.67. The zero-order chi connectivity index (χ0) is 12.2. The van der Waals surface area contributed by atoms with Crippen LogP contribution in [0.3, 0.4) is 0 Å². The van der Waals surface area contributed by atoms with Gasteiger partial charge in [0.1, 0.15) is 20.2 Å². The van der Waals surface area contributed by atoms with Crippen molar-refractivity contribution in [3.63, 3.8) is 0 Å². The minimum atomic E-state index is -0.764. The van der Waals surface area contributed by atoms with E-state index < -0.39 is 29.8 Å². The summed E-state index contributed by atoms with van der Waals surface area (Å²) in [4.78, 5) is 11.0. The Morgan fingerprint density at radius 3 is 2.75 bits per heavy atom. The van der Waals surface area contributed by atoms with Crippen molar-refractivity contribution in [2.45, 2.75) is 19.4 Å². The summed E-state index contributed by atoms with van der Waals surface area (Å²) in [5.74, 6) is -0.310. The monoisotopic (exact) mass is 296 g/mol. The molecule has 0 aliphatic heterocycles. The molecule has 0 bridgehead atoms. The molecule has 0 aromatic rings. The quantitative estimate of drug-likeness (QED) is 0.190. The van der Waals surface area contributed by atoms with Gasteiger partial charge in [0.25, 0.3) is 20.0 Å². The van der Waals surface area contributed by atoms with E-state index in [4.69, 9.17) is 17.1 Å². The summed E-state index contributed by atoms with van der Waals surface area (Å²) in [6.45, 7) is 5.61. The minimum Gasteiger partial charge on any atom is -0.462 e.